The van der Waals surface area contributed by atoms with Gasteiger partial charge in [0.25, 0.3) is 0 Å². The summed E-state index contributed by atoms with van der Waals surface area (Å²) in [6, 6.07) is 0. The van der Waals surface area contributed by atoms with Crippen molar-refractivity contribution in [3.05, 3.63) is 0 Å². The first-order chi connectivity index (χ1) is 1.73. The number of halogens is 1. The predicted molar refractivity (Wildman–Crippen MR) is 7.23 cm³/mol. The van der Waals surface area contributed by atoms with Crippen LogP contribution >= 0.6 is 0 Å². The molecule has 0 spiro atoms. The molecule has 0 bridgehead atoms. The van der Waals surface area contributed by atoms with E-state index in [4.69, 9.17) is 14.0 Å². The Morgan fingerprint density at radius 2 is 0.857 bits per heavy atom. The molecule has 0 rings (SSSR count). The van der Waals surface area contributed by atoms with Gasteiger partial charge in [-0.05, 0) is 0 Å². The quantitative estimate of drug-likeness (QED) is 0.311. The van der Waals surface area contributed by atoms with Crippen LogP contribution in [0.2, 0.25) is 0 Å². The van der Waals surface area contributed by atoms with Gasteiger partial charge in [-0.1, -0.05) is 0 Å². The predicted octanol–water partition coefficient (Wildman–Crippen LogP) is -8.21. The second kappa shape index (κ2) is 15.7. The molecule has 0 aromatic heterocycles. The molecule has 0 aliphatic carbocycles. The van der Waals surface area contributed by atoms with E-state index in [1.807, 2.05) is 0 Å². The minimum atomic E-state index is -2.85. The van der Waals surface area contributed by atoms with Gasteiger partial charge in [-0.25, -0.2) is 0 Å². The van der Waals surface area contributed by atoms with Crippen LogP contribution in [0.25, 0.3) is 0 Å². The fraction of sp³-hybridized carbons (Fsp3) is 0. The van der Waals surface area contributed by atoms with E-state index in [-0.39, 0.29) is 40.5 Å². The van der Waals surface area contributed by atoms with Gasteiger partial charge in [-0.15, -0.1) is 0 Å². The van der Waals surface area contributed by atoms with Crippen LogP contribution < -0.4 is 43.5 Å². The molecule has 0 aromatic carbocycles. The van der Waals surface area contributed by atoms with Gasteiger partial charge in [0.15, 0.2) is 0 Å². The van der Waals surface area contributed by atoms with Gasteiger partial charge < -0.3 is 24.9 Å². The summed E-state index contributed by atoms with van der Waals surface area (Å²) in [5.41, 5.74) is 0. The first-order valence-corrected chi connectivity index (χ1v) is 1.39. The molecule has 0 radical (unpaired) electrons. The van der Waals surface area contributed by atoms with Crippen molar-refractivity contribution in [2.75, 3.05) is 0 Å². The molecule has 0 fully saturated rings. The summed E-state index contributed by atoms with van der Waals surface area (Å²) < 4.78 is 25.2. The zero-order valence-corrected chi connectivity index (χ0v) is 6.36. The molecule has 0 unspecified atom stereocenters. The molecule has 42 valence electrons. The molecule has 0 aliphatic rings. The summed E-state index contributed by atoms with van der Waals surface area (Å²) in [5.74, 6) is 0. The van der Waals surface area contributed by atoms with Crippen LogP contribution in [0.4, 0.5) is 0 Å². The summed E-state index contributed by atoms with van der Waals surface area (Å²) in [5, 5.41) is 0. The number of rotatable bonds is 0. The zero-order chi connectivity index (χ0) is 3.58. The minimum absolute atomic E-state index is 0. The Bertz CT molecular complexity index is 12.8. The molecule has 0 saturated carbocycles. The molecule has 0 atom stereocenters. The first kappa shape index (κ1) is 24.3. The largest absolute Gasteiger partial charge is 1.00 e. The van der Waals surface area contributed by atoms with Crippen molar-refractivity contribution >= 4 is 0 Å². The zero-order valence-electron chi connectivity index (χ0n) is 3.60. The fourth-order valence-corrected chi connectivity index (χ4v) is 0. The fourth-order valence-electron chi connectivity index (χ4n) is 0. The summed E-state index contributed by atoms with van der Waals surface area (Å²) in [7, 11) is -2.85. The molecule has 0 aliphatic heterocycles. The van der Waals surface area contributed by atoms with E-state index in [1.165, 1.54) is 0 Å². The molecule has 7 heteroatoms. The molecule has 0 saturated heterocycles. The Morgan fingerprint density at radius 3 is 0.857 bits per heavy atom. The van der Waals surface area contributed by atoms with Crippen molar-refractivity contribution < 1.29 is 65.3 Å². The Morgan fingerprint density at radius 1 is 0.857 bits per heavy atom. The third-order valence-corrected chi connectivity index (χ3v) is 0. The number of hydrogen-bond donors (Lipinski definition) is 0. The van der Waals surface area contributed by atoms with E-state index >= 15 is 0 Å². The Kier molecular flexibility index (Phi) is 54.6. The van der Waals surface area contributed by atoms with E-state index in [1.54, 1.807) is 0 Å². The average molecular weight is 142 g/mol. The second-order valence-electron chi connectivity index (χ2n) is 0.189. The van der Waals surface area contributed by atoms with Crippen LogP contribution in [0, 0.1) is 10.8 Å². The maximum atomic E-state index is 8.41. The first-order valence-electron chi connectivity index (χ1n) is 0.463. The van der Waals surface area contributed by atoms with Gasteiger partial charge in [0.2, 0.25) is 0 Å². The number of hydrogen-bond acceptors (Lipinski definition) is 3. The molecule has 7 heavy (non-hydrogen) atoms. The third kappa shape index (κ3) is 155. The summed E-state index contributed by atoms with van der Waals surface area (Å²) >= 11 is 0. The minimum Gasteiger partial charge on any atom is -0.412 e. The van der Waals surface area contributed by atoms with E-state index in [0.717, 1.165) is 0 Å². The smallest absolute Gasteiger partial charge is 0.412 e. The van der Waals surface area contributed by atoms with Crippen molar-refractivity contribution in [3.8, 4) is 0 Å². The van der Waals surface area contributed by atoms with Crippen molar-refractivity contribution in [1.82, 2.24) is 0 Å². The molecule has 0 aromatic rings. The van der Waals surface area contributed by atoms with Crippen molar-refractivity contribution in [1.29, 1.82) is 0 Å². The topological polar surface area (TPSA) is 132 Å². The van der Waals surface area contributed by atoms with Crippen molar-refractivity contribution in [2.24, 2.45) is 0 Å². The van der Waals surface area contributed by atoms with Crippen LogP contribution in [0.1, 0.15) is 0 Å². The summed E-state index contributed by atoms with van der Waals surface area (Å²) in [6.07, 6.45) is 0. The van der Waals surface area contributed by atoms with Gasteiger partial charge in [-0.2, -0.15) is 0 Å². The molecular formula is H4ClNaO5. The van der Waals surface area contributed by atoms with E-state index in [0.29, 0.717) is 0 Å². The van der Waals surface area contributed by atoms with Crippen LogP contribution in [0.3, 0.4) is 0 Å². The SMILES string of the molecule is O.O.[Na+].[O-][Cl+2]([O-])[O-]. The second-order valence-corrected chi connectivity index (χ2v) is 0.567. The molecule has 0 heterocycles. The van der Waals surface area contributed by atoms with E-state index in [9.17, 15) is 0 Å². The maximum absolute atomic E-state index is 8.41. The Hall–Kier alpha value is 1.09. The van der Waals surface area contributed by atoms with Crippen LogP contribution in [0.15, 0.2) is 0 Å². The molecule has 0 amide bonds. The normalized spacial score (nSPS) is 5.14. The molecule has 4 N–H and O–H groups in total. The van der Waals surface area contributed by atoms with E-state index in [2.05, 4.69) is 0 Å². The monoisotopic (exact) mass is 142 g/mol. The summed E-state index contributed by atoms with van der Waals surface area (Å²) in [4.78, 5) is 0. The molecular weight excluding hydrogens is 138 g/mol. The van der Waals surface area contributed by atoms with E-state index < -0.39 is 10.8 Å². The maximum Gasteiger partial charge on any atom is 1.00 e. The third-order valence-electron chi connectivity index (χ3n) is 0. The Balaban J connectivity index is -0.0000000150. The van der Waals surface area contributed by atoms with Crippen LogP contribution in [0.5, 0.6) is 0 Å². The van der Waals surface area contributed by atoms with Gasteiger partial charge in [0, 0.05) is 0 Å². The van der Waals surface area contributed by atoms with Gasteiger partial charge in [-0.3, -0.25) is 0 Å². The Labute approximate surface area is 65.3 Å². The summed E-state index contributed by atoms with van der Waals surface area (Å²) in [6.45, 7) is 0. The van der Waals surface area contributed by atoms with Crippen molar-refractivity contribution in [3.63, 3.8) is 0 Å². The standard InChI is InChI=1S/ClO3.Na.2H2O/c2-1(3)4;;;/h;;2*1H2/q-1;+1;;. The average Bonchev–Trinajstić information content (AvgIpc) is 0.811. The van der Waals surface area contributed by atoms with Crippen LogP contribution in [-0.4, -0.2) is 11.0 Å². The van der Waals surface area contributed by atoms with Gasteiger partial charge >= 0.3 is 29.6 Å². The van der Waals surface area contributed by atoms with Crippen molar-refractivity contribution in [2.45, 2.75) is 0 Å². The molecule has 5 nitrogen and oxygen atoms in total. The van der Waals surface area contributed by atoms with Crippen LogP contribution in [-0.2, 0) is 0 Å². The van der Waals surface area contributed by atoms with Gasteiger partial charge in [0.1, 0.15) is 0 Å². The van der Waals surface area contributed by atoms with Gasteiger partial charge in [0.05, 0.1) is 10.8 Å².